The van der Waals surface area contributed by atoms with Gasteiger partial charge in [-0.3, -0.25) is 4.79 Å². The molecule has 0 saturated carbocycles. The van der Waals surface area contributed by atoms with E-state index in [9.17, 15) is 9.90 Å². The molecule has 17 heavy (non-hydrogen) atoms. The van der Waals surface area contributed by atoms with Crippen molar-refractivity contribution in [3.05, 3.63) is 47.8 Å². The van der Waals surface area contributed by atoms with Crippen LogP contribution in [0.3, 0.4) is 0 Å². The van der Waals surface area contributed by atoms with Crippen LogP contribution in [0.2, 0.25) is 0 Å². The average Bonchev–Trinajstić information content (AvgIpc) is 2.90. The van der Waals surface area contributed by atoms with Crippen LogP contribution in [0.1, 0.15) is 22.1 Å². The third-order valence-corrected chi connectivity index (χ3v) is 2.76. The maximum absolute atomic E-state index is 11.7. The van der Waals surface area contributed by atoms with E-state index in [1.54, 1.807) is 0 Å². The van der Waals surface area contributed by atoms with Gasteiger partial charge in [0, 0.05) is 0 Å². The van der Waals surface area contributed by atoms with Crippen LogP contribution in [-0.2, 0) is 0 Å². The van der Waals surface area contributed by atoms with E-state index in [1.807, 2.05) is 30.3 Å². The predicted molar refractivity (Wildman–Crippen MR) is 63.6 cm³/mol. The summed E-state index contributed by atoms with van der Waals surface area (Å²) in [5.74, 6) is -0.332. The highest BCUT2D eigenvalue weighted by atomic mass is 32.1. The molecule has 0 bridgehead atoms. The van der Waals surface area contributed by atoms with Crippen LogP contribution in [0, 0.1) is 0 Å². The molecule has 0 saturated heterocycles. The number of hydrogen-bond acceptors (Lipinski definition) is 5. The average molecular weight is 249 g/mol. The minimum Gasteiger partial charge on any atom is -0.394 e. The third kappa shape index (κ3) is 2.86. The Hall–Kier alpha value is -1.79. The lowest BCUT2D eigenvalue weighted by Gasteiger charge is -2.15. The van der Waals surface area contributed by atoms with Gasteiger partial charge in [-0.2, -0.15) is 8.75 Å². The molecule has 1 atom stereocenters. The molecule has 2 aromatic rings. The minimum atomic E-state index is -0.426. The number of carbonyl (C=O) groups excluding carboxylic acids is 1. The van der Waals surface area contributed by atoms with Gasteiger partial charge in [0.15, 0.2) is 5.69 Å². The Kier molecular flexibility index (Phi) is 3.79. The van der Waals surface area contributed by atoms with Crippen LogP contribution in [-0.4, -0.2) is 26.4 Å². The van der Waals surface area contributed by atoms with Crippen LogP contribution >= 0.6 is 11.7 Å². The van der Waals surface area contributed by atoms with Gasteiger partial charge >= 0.3 is 0 Å². The lowest BCUT2D eigenvalue weighted by molar-refractivity contribution is 0.0912. The molecule has 0 spiro atoms. The van der Waals surface area contributed by atoms with Crippen LogP contribution in [0.25, 0.3) is 0 Å². The molecular formula is C11H11N3O2S. The van der Waals surface area contributed by atoms with Gasteiger partial charge in [0.05, 0.1) is 30.6 Å². The second kappa shape index (κ2) is 5.51. The first kappa shape index (κ1) is 11.7. The Labute approximate surface area is 102 Å². The van der Waals surface area contributed by atoms with Crippen molar-refractivity contribution in [1.82, 2.24) is 14.1 Å². The monoisotopic (exact) mass is 249 g/mol. The molecule has 0 fully saturated rings. The molecule has 6 heteroatoms. The molecule has 2 rings (SSSR count). The van der Waals surface area contributed by atoms with Crippen molar-refractivity contribution >= 4 is 17.6 Å². The first-order chi connectivity index (χ1) is 8.31. The van der Waals surface area contributed by atoms with Gasteiger partial charge in [0.1, 0.15) is 0 Å². The first-order valence-electron chi connectivity index (χ1n) is 5.05. The van der Waals surface area contributed by atoms with Crippen LogP contribution < -0.4 is 5.32 Å². The summed E-state index contributed by atoms with van der Waals surface area (Å²) in [6.45, 7) is -0.159. The smallest absolute Gasteiger partial charge is 0.273 e. The summed E-state index contributed by atoms with van der Waals surface area (Å²) in [5, 5.41) is 12.0. The van der Waals surface area contributed by atoms with E-state index in [1.165, 1.54) is 6.20 Å². The Balaban J connectivity index is 2.09. The van der Waals surface area contributed by atoms with E-state index >= 15 is 0 Å². The third-order valence-electron chi connectivity index (χ3n) is 2.28. The molecule has 0 unspecified atom stereocenters. The van der Waals surface area contributed by atoms with E-state index in [0.29, 0.717) is 0 Å². The molecule has 1 heterocycles. The van der Waals surface area contributed by atoms with E-state index in [0.717, 1.165) is 17.3 Å². The molecule has 1 amide bonds. The number of amides is 1. The van der Waals surface area contributed by atoms with Crippen molar-refractivity contribution in [2.75, 3.05) is 6.61 Å². The number of aromatic nitrogens is 2. The van der Waals surface area contributed by atoms with Crippen LogP contribution in [0.15, 0.2) is 36.5 Å². The Morgan fingerprint density at radius 3 is 2.76 bits per heavy atom. The second-order valence-electron chi connectivity index (χ2n) is 3.41. The van der Waals surface area contributed by atoms with Crippen molar-refractivity contribution < 1.29 is 9.90 Å². The van der Waals surface area contributed by atoms with Gasteiger partial charge in [-0.15, -0.1) is 0 Å². The lowest BCUT2D eigenvalue weighted by Crippen LogP contribution is -2.30. The molecule has 0 aliphatic heterocycles. The molecule has 5 nitrogen and oxygen atoms in total. The van der Waals surface area contributed by atoms with E-state index in [2.05, 4.69) is 14.1 Å². The van der Waals surface area contributed by atoms with E-state index in [4.69, 9.17) is 0 Å². The predicted octanol–water partition coefficient (Wildman–Crippen LogP) is 1.00. The van der Waals surface area contributed by atoms with Crippen molar-refractivity contribution in [1.29, 1.82) is 0 Å². The van der Waals surface area contributed by atoms with E-state index in [-0.39, 0.29) is 18.2 Å². The summed E-state index contributed by atoms with van der Waals surface area (Å²) in [6.07, 6.45) is 1.40. The molecule has 2 N–H and O–H groups in total. The number of nitrogens with zero attached hydrogens (tertiary/aromatic N) is 2. The quantitative estimate of drug-likeness (QED) is 0.847. The van der Waals surface area contributed by atoms with Gasteiger partial charge in [0.2, 0.25) is 0 Å². The zero-order chi connectivity index (χ0) is 12.1. The number of carbonyl (C=O) groups is 1. The highest BCUT2D eigenvalue weighted by Crippen LogP contribution is 2.12. The molecule has 0 radical (unpaired) electrons. The zero-order valence-electron chi connectivity index (χ0n) is 8.91. The Morgan fingerprint density at radius 1 is 1.41 bits per heavy atom. The van der Waals surface area contributed by atoms with Crippen molar-refractivity contribution in [3.63, 3.8) is 0 Å². The van der Waals surface area contributed by atoms with Crippen molar-refractivity contribution in [3.8, 4) is 0 Å². The number of hydrogen-bond donors (Lipinski definition) is 2. The number of aliphatic hydroxyl groups excluding tert-OH is 1. The lowest BCUT2D eigenvalue weighted by atomic mass is 10.1. The normalized spacial score (nSPS) is 12.1. The highest BCUT2D eigenvalue weighted by Gasteiger charge is 2.16. The number of benzene rings is 1. The summed E-state index contributed by atoms with van der Waals surface area (Å²) in [6, 6.07) is 8.86. The topological polar surface area (TPSA) is 75.1 Å². The van der Waals surface area contributed by atoms with Gasteiger partial charge in [0.25, 0.3) is 5.91 Å². The summed E-state index contributed by atoms with van der Waals surface area (Å²) >= 11 is 0.975. The number of nitrogens with one attached hydrogen (secondary N) is 1. The number of rotatable bonds is 4. The van der Waals surface area contributed by atoms with Gasteiger partial charge in [-0.05, 0) is 5.56 Å². The SMILES string of the molecule is O=C(N[C@H](CO)c1ccccc1)c1cnsn1. The molecular weight excluding hydrogens is 238 g/mol. The van der Waals surface area contributed by atoms with Gasteiger partial charge < -0.3 is 10.4 Å². The van der Waals surface area contributed by atoms with Gasteiger partial charge in [-0.1, -0.05) is 30.3 Å². The molecule has 0 aliphatic carbocycles. The van der Waals surface area contributed by atoms with Gasteiger partial charge in [-0.25, -0.2) is 0 Å². The maximum Gasteiger partial charge on any atom is 0.273 e. The Bertz CT molecular complexity index is 473. The molecule has 1 aromatic heterocycles. The number of aliphatic hydroxyl groups is 1. The first-order valence-corrected chi connectivity index (χ1v) is 5.78. The fourth-order valence-electron chi connectivity index (χ4n) is 1.42. The summed E-state index contributed by atoms with van der Waals surface area (Å²) in [5.41, 5.74) is 1.12. The molecule has 88 valence electrons. The summed E-state index contributed by atoms with van der Waals surface area (Å²) in [4.78, 5) is 11.7. The van der Waals surface area contributed by atoms with Crippen LogP contribution in [0.4, 0.5) is 0 Å². The molecule has 1 aromatic carbocycles. The fraction of sp³-hybridized carbons (Fsp3) is 0.182. The molecule has 0 aliphatic rings. The zero-order valence-corrected chi connectivity index (χ0v) is 9.72. The van der Waals surface area contributed by atoms with Crippen molar-refractivity contribution in [2.45, 2.75) is 6.04 Å². The highest BCUT2D eigenvalue weighted by molar-refractivity contribution is 6.99. The largest absolute Gasteiger partial charge is 0.394 e. The Morgan fingerprint density at radius 2 is 2.18 bits per heavy atom. The van der Waals surface area contributed by atoms with Crippen molar-refractivity contribution in [2.24, 2.45) is 0 Å². The maximum atomic E-state index is 11.7. The fourth-order valence-corrected chi connectivity index (χ4v) is 1.83. The van der Waals surface area contributed by atoms with Crippen LogP contribution in [0.5, 0.6) is 0 Å². The summed E-state index contributed by atoms with van der Waals surface area (Å²) < 4.78 is 7.59. The minimum absolute atomic E-state index is 0.159. The second-order valence-corrected chi connectivity index (χ2v) is 3.97. The summed E-state index contributed by atoms with van der Waals surface area (Å²) in [7, 11) is 0. The standard InChI is InChI=1S/C11H11N3O2S/c15-7-10(8-4-2-1-3-5-8)13-11(16)9-6-12-17-14-9/h1-6,10,15H,7H2,(H,13,16)/t10-/m1/s1. The van der Waals surface area contributed by atoms with E-state index < -0.39 is 6.04 Å².